The van der Waals surface area contributed by atoms with E-state index in [1.165, 1.54) is 0 Å². The fourth-order valence-electron chi connectivity index (χ4n) is 2.37. The van der Waals surface area contributed by atoms with Crippen LogP contribution in [0.15, 0.2) is 18.2 Å². The molecule has 1 aromatic carbocycles. The summed E-state index contributed by atoms with van der Waals surface area (Å²) in [6.45, 7) is 1.97. The Kier molecular flexibility index (Phi) is 5.70. The predicted molar refractivity (Wildman–Crippen MR) is 88.5 cm³/mol. The second-order valence-electron chi connectivity index (χ2n) is 5.06. The van der Waals surface area contributed by atoms with Crippen LogP contribution < -0.4 is 9.46 Å². The molecule has 0 aliphatic carbocycles. The molecule has 1 aromatic rings. The number of nitrogens with zero attached hydrogens (tertiary/aromatic N) is 1. The van der Waals surface area contributed by atoms with Crippen molar-refractivity contribution in [2.24, 2.45) is 0 Å². The Morgan fingerprint density at radius 2 is 2.19 bits per heavy atom. The smallest absolute Gasteiger partial charge is 0.259 e. The second-order valence-corrected chi connectivity index (χ2v) is 6.34. The monoisotopic (exact) mass is 329 g/mol. The average molecular weight is 329 g/mol. The van der Waals surface area contributed by atoms with Crippen LogP contribution in [-0.2, 0) is 11.3 Å². The van der Waals surface area contributed by atoms with Gasteiger partial charge in [0.05, 0.1) is 16.7 Å². The number of likely N-dealkylation sites (tertiary alicyclic amines) is 1. The van der Waals surface area contributed by atoms with Gasteiger partial charge in [-0.05, 0) is 32.0 Å². The summed E-state index contributed by atoms with van der Waals surface area (Å²) in [7, 11) is 4.38. The van der Waals surface area contributed by atoms with Crippen LogP contribution in [0.25, 0.3) is 0 Å². The lowest BCUT2D eigenvalue weighted by Gasteiger charge is -2.30. The first-order valence-electron chi connectivity index (χ1n) is 6.67. The van der Waals surface area contributed by atoms with Gasteiger partial charge in [0.1, 0.15) is 11.9 Å². The molecule has 1 aliphatic heterocycles. The summed E-state index contributed by atoms with van der Waals surface area (Å²) in [5.41, 5.74) is 1.14. The van der Waals surface area contributed by atoms with E-state index in [1.54, 1.807) is 18.2 Å². The normalized spacial score (nSPS) is 18.2. The molecule has 0 spiro atoms. The van der Waals surface area contributed by atoms with Gasteiger partial charge in [0.15, 0.2) is 0 Å². The molecule has 6 nitrogen and oxygen atoms in total. The molecule has 1 saturated heterocycles. The summed E-state index contributed by atoms with van der Waals surface area (Å²) in [6.07, 6.45) is 1.98. The van der Waals surface area contributed by atoms with Gasteiger partial charge in [0.2, 0.25) is 0 Å². The van der Waals surface area contributed by atoms with Crippen molar-refractivity contribution in [3.8, 4) is 5.75 Å². The number of anilines is 1. The molecule has 1 heterocycles. The van der Waals surface area contributed by atoms with Crippen molar-refractivity contribution in [2.75, 3.05) is 24.9 Å². The van der Waals surface area contributed by atoms with E-state index < -0.39 is 11.3 Å². The largest absolute Gasteiger partial charge is 0.490 e. The Hall–Kier alpha value is -1.01. The topological polar surface area (TPSA) is 85.7 Å². The van der Waals surface area contributed by atoms with Crippen molar-refractivity contribution in [1.29, 1.82) is 5.41 Å². The fourth-order valence-corrected chi connectivity index (χ4v) is 3.02. The first kappa shape index (κ1) is 16.4. The molecule has 2 atom stereocenters. The zero-order chi connectivity index (χ0) is 15.4. The Morgan fingerprint density at radius 1 is 1.52 bits per heavy atom. The Labute approximate surface area is 129 Å². The van der Waals surface area contributed by atoms with Crippen LogP contribution in [0.4, 0.5) is 5.69 Å². The summed E-state index contributed by atoms with van der Waals surface area (Å²) in [6, 6.07) is 5.19. The summed E-state index contributed by atoms with van der Waals surface area (Å²) in [5, 5.41) is 7.86. The van der Waals surface area contributed by atoms with Crippen LogP contribution in [0.3, 0.4) is 0 Å². The molecule has 8 heteroatoms. The molecule has 1 aliphatic rings. The van der Waals surface area contributed by atoms with Crippen LogP contribution in [0, 0.1) is 5.41 Å². The van der Waals surface area contributed by atoms with Crippen LogP contribution in [0.5, 0.6) is 5.75 Å². The van der Waals surface area contributed by atoms with E-state index in [0.29, 0.717) is 17.0 Å². The Balaban J connectivity index is 2.22. The Morgan fingerprint density at radius 3 is 2.76 bits per heavy atom. The van der Waals surface area contributed by atoms with Crippen LogP contribution in [0.1, 0.15) is 18.4 Å². The van der Waals surface area contributed by atoms with Crippen molar-refractivity contribution in [1.82, 2.24) is 4.90 Å². The highest BCUT2D eigenvalue weighted by atomic mass is 32.2. The molecule has 116 valence electrons. The van der Waals surface area contributed by atoms with Crippen molar-refractivity contribution >= 4 is 31.6 Å². The zero-order valence-corrected chi connectivity index (χ0v) is 13.8. The van der Waals surface area contributed by atoms with Gasteiger partial charge < -0.3 is 15.0 Å². The highest BCUT2D eigenvalue weighted by Gasteiger charge is 2.21. The number of nitrogens with one attached hydrogen (secondary N) is 2. The predicted octanol–water partition coefficient (Wildman–Crippen LogP) is 1.91. The Bertz CT molecular complexity index is 547. The first-order valence-corrected chi connectivity index (χ1v) is 8.36. The lowest BCUT2D eigenvalue weighted by atomic mass is 10.1. The maximum atomic E-state index is 11.0. The molecule has 2 unspecified atom stereocenters. The van der Waals surface area contributed by atoms with Crippen LogP contribution >= 0.6 is 9.24 Å². The maximum Gasteiger partial charge on any atom is 0.259 e. The van der Waals surface area contributed by atoms with Crippen molar-refractivity contribution in [3.63, 3.8) is 0 Å². The molecule has 3 N–H and O–H groups in total. The van der Waals surface area contributed by atoms with Crippen molar-refractivity contribution in [2.45, 2.75) is 18.9 Å². The summed E-state index contributed by atoms with van der Waals surface area (Å²) < 4.78 is 28.4. The number of rotatable bonds is 5. The van der Waals surface area contributed by atoms with Crippen LogP contribution in [-0.4, -0.2) is 45.4 Å². The molecule has 0 radical (unpaired) electrons. The van der Waals surface area contributed by atoms with Gasteiger partial charge in [-0.1, -0.05) is 15.3 Å². The third-order valence-corrected chi connectivity index (χ3v) is 4.14. The maximum absolute atomic E-state index is 11.0. The highest BCUT2D eigenvalue weighted by molar-refractivity contribution is 7.80. The number of ether oxygens (including phenoxy) is 1. The number of hydrogen-bond donors (Lipinski definition) is 3. The van der Waals surface area contributed by atoms with E-state index in [2.05, 4.69) is 25.9 Å². The zero-order valence-electron chi connectivity index (χ0n) is 11.8. The number of piperidine rings is 1. The SMILES string of the molecule is CN1CCC(Oc2cccc(NS(=O)O)c2C(=N)P)CC1. The van der Waals surface area contributed by atoms with Gasteiger partial charge in [-0.25, -0.2) is 4.21 Å². The van der Waals surface area contributed by atoms with E-state index in [1.807, 2.05) is 0 Å². The summed E-state index contributed by atoms with van der Waals surface area (Å²) in [5.74, 6) is 0.569. The minimum atomic E-state index is -2.18. The second kappa shape index (κ2) is 7.31. The minimum absolute atomic E-state index is 0.110. The molecule has 0 bridgehead atoms. The van der Waals surface area contributed by atoms with Gasteiger partial charge in [-0.3, -0.25) is 9.27 Å². The molecule has 2 rings (SSSR count). The van der Waals surface area contributed by atoms with Gasteiger partial charge in [-0.2, -0.15) is 0 Å². The van der Waals surface area contributed by atoms with Crippen molar-refractivity contribution < 1.29 is 13.5 Å². The van der Waals surface area contributed by atoms with Gasteiger partial charge in [0.25, 0.3) is 11.3 Å². The molecule has 21 heavy (non-hydrogen) atoms. The van der Waals surface area contributed by atoms with Crippen molar-refractivity contribution in [3.05, 3.63) is 23.8 Å². The quantitative estimate of drug-likeness (QED) is 0.438. The third kappa shape index (κ3) is 4.48. The fraction of sp³-hybridized carbons (Fsp3) is 0.462. The molecular weight excluding hydrogens is 309 g/mol. The lowest BCUT2D eigenvalue weighted by molar-refractivity contribution is 0.114. The minimum Gasteiger partial charge on any atom is -0.490 e. The van der Waals surface area contributed by atoms with E-state index in [4.69, 9.17) is 14.7 Å². The molecule has 1 fully saturated rings. The van der Waals surface area contributed by atoms with Gasteiger partial charge >= 0.3 is 0 Å². The lowest BCUT2D eigenvalue weighted by Crippen LogP contribution is -2.35. The molecule has 0 aromatic heterocycles. The van der Waals surface area contributed by atoms with Crippen LogP contribution in [0.2, 0.25) is 0 Å². The summed E-state index contributed by atoms with van der Waals surface area (Å²) >= 11 is -2.18. The third-order valence-electron chi connectivity index (χ3n) is 3.45. The molecule has 0 amide bonds. The average Bonchev–Trinajstić information content (AvgIpc) is 2.40. The highest BCUT2D eigenvalue weighted by Crippen LogP contribution is 2.31. The molecular formula is C13H20N3O3PS. The van der Waals surface area contributed by atoms with E-state index in [-0.39, 0.29) is 11.6 Å². The van der Waals surface area contributed by atoms with Gasteiger partial charge in [-0.15, -0.1) is 0 Å². The first-order chi connectivity index (χ1) is 9.97. The van der Waals surface area contributed by atoms with E-state index in [9.17, 15) is 4.21 Å². The summed E-state index contributed by atoms with van der Waals surface area (Å²) in [4.78, 5) is 2.26. The number of benzene rings is 1. The number of hydrogen-bond acceptors (Lipinski definition) is 4. The molecule has 0 saturated carbocycles. The standard InChI is InChI=1S/C13H20N3O3PS/c1-16-7-5-9(6-8-16)19-11-4-2-3-10(15-21(17)18)12(11)13(14)20/h2-4,9,14-15H,5-8,20H2,1H3,(H,17,18). The van der Waals surface area contributed by atoms with E-state index in [0.717, 1.165) is 25.9 Å². The van der Waals surface area contributed by atoms with Gasteiger partial charge in [0, 0.05) is 13.1 Å². The van der Waals surface area contributed by atoms with E-state index >= 15 is 0 Å².